The molecule has 9 nitrogen and oxygen atoms in total. The number of carbonyl (C=O) groups is 3. The Bertz CT molecular complexity index is 1190. The summed E-state index contributed by atoms with van der Waals surface area (Å²) in [5.41, 5.74) is 3.79. The number of rotatable bonds is 11. The van der Waals surface area contributed by atoms with E-state index in [1.54, 1.807) is 23.7 Å². The topological polar surface area (TPSA) is 104 Å². The summed E-state index contributed by atoms with van der Waals surface area (Å²) in [7, 11) is 1.83. The fraction of sp³-hybridized carbons (Fsp3) is 0.333. The third kappa shape index (κ3) is 7.77. The molecule has 0 bridgehead atoms. The summed E-state index contributed by atoms with van der Waals surface area (Å²) < 4.78 is 5.34. The summed E-state index contributed by atoms with van der Waals surface area (Å²) in [6.45, 7) is 5.29. The van der Waals surface area contributed by atoms with E-state index in [0.29, 0.717) is 29.3 Å². The molecular weight excluding hydrogens is 490 g/mol. The standard InChI is InChI=1S/C27H31N5O4S/c1-31(18-25(34)30-27-29-9-15-37-27)17-23-7-6-22(16-24(23)19-33)20-2-4-21(5-3-20)26(35)28-8-10-32-11-13-36-14-12-32/h2-7,9,15-16,19H,8,10-14,17-18H2,1H3,(H,28,35)(H,29,30,34). The highest BCUT2D eigenvalue weighted by molar-refractivity contribution is 7.13. The van der Waals surface area contributed by atoms with Crippen LogP contribution in [0.5, 0.6) is 0 Å². The first-order valence-corrected chi connectivity index (χ1v) is 13.0. The van der Waals surface area contributed by atoms with Crippen LogP contribution in [0.3, 0.4) is 0 Å². The largest absolute Gasteiger partial charge is 0.379 e. The first-order valence-electron chi connectivity index (χ1n) is 12.2. The van der Waals surface area contributed by atoms with Crippen LogP contribution in [0, 0.1) is 0 Å². The molecule has 2 aromatic carbocycles. The van der Waals surface area contributed by atoms with E-state index in [-0.39, 0.29) is 18.4 Å². The summed E-state index contributed by atoms with van der Waals surface area (Å²) in [5, 5.41) is 8.09. The Morgan fingerprint density at radius 3 is 2.59 bits per heavy atom. The van der Waals surface area contributed by atoms with Crippen molar-refractivity contribution in [2.24, 2.45) is 0 Å². The summed E-state index contributed by atoms with van der Waals surface area (Å²) in [6, 6.07) is 13.0. The Morgan fingerprint density at radius 2 is 1.89 bits per heavy atom. The molecule has 0 unspecified atom stereocenters. The lowest BCUT2D eigenvalue weighted by Gasteiger charge is -2.26. The van der Waals surface area contributed by atoms with Crippen LogP contribution in [0.15, 0.2) is 54.0 Å². The van der Waals surface area contributed by atoms with Crippen LogP contribution < -0.4 is 10.6 Å². The van der Waals surface area contributed by atoms with Gasteiger partial charge in [0.15, 0.2) is 5.13 Å². The van der Waals surface area contributed by atoms with E-state index in [2.05, 4.69) is 20.5 Å². The van der Waals surface area contributed by atoms with Gasteiger partial charge in [0.25, 0.3) is 5.91 Å². The van der Waals surface area contributed by atoms with Gasteiger partial charge in [0.05, 0.1) is 19.8 Å². The summed E-state index contributed by atoms with van der Waals surface area (Å²) in [5.74, 6) is -0.266. The number of hydrogen-bond acceptors (Lipinski definition) is 8. The molecule has 4 rings (SSSR count). The van der Waals surface area contributed by atoms with Gasteiger partial charge in [-0.1, -0.05) is 24.3 Å². The fourth-order valence-corrected chi connectivity index (χ4v) is 4.68. The lowest BCUT2D eigenvalue weighted by atomic mass is 9.98. The quantitative estimate of drug-likeness (QED) is 0.374. The number of thiazole rings is 1. The van der Waals surface area contributed by atoms with Gasteiger partial charge in [-0.2, -0.15) is 0 Å². The highest BCUT2D eigenvalue weighted by Crippen LogP contribution is 2.23. The van der Waals surface area contributed by atoms with Gasteiger partial charge in [0.1, 0.15) is 6.29 Å². The maximum absolute atomic E-state index is 12.5. The van der Waals surface area contributed by atoms with Crippen molar-refractivity contribution < 1.29 is 19.1 Å². The van der Waals surface area contributed by atoms with Gasteiger partial charge >= 0.3 is 0 Å². The van der Waals surface area contributed by atoms with Crippen molar-refractivity contribution in [3.8, 4) is 11.1 Å². The van der Waals surface area contributed by atoms with Crippen LogP contribution in [-0.4, -0.2) is 85.9 Å². The van der Waals surface area contributed by atoms with Gasteiger partial charge in [0.2, 0.25) is 5.91 Å². The van der Waals surface area contributed by atoms with E-state index in [4.69, 9.17) is 4.74 Å². The predicted molar refractivity (Wildman–Crippen MR) is 144 cm³/mol. The summed E-state index contributed by atoms with van der Waals surface area (Å²) >= 11 is 1.36. The van der Waals surface area contributed by atoms with Gasteiger partial charge in [0, 0.05) is 55.4 Å². The van der Waals surface area contributed by atoms with Crippen molar-refractivity contribution in [2.75, 3.05) is 58.3 Å². The average molecular weight is 522 g/mol. The van der Waals surface area contributed by atoms with Crippen LogP contribution in [0.25, 0.3) is 11.1 Å². The zero-order chi connectivity index (χ0) is 26.0. The van der Waals surface area contributed by atoms with Crippen molar-refractivity contribution in [2.45, 2.75) is 6.54 Å². The Labute approximate surface area is 220 Å². The Balaban J connectivity index is 1.31. The number of ether oxygens (including phenoxy) is 1. The maximum Gasteiger partial charge on any atom is 0.251 e. The molecule has 1 fully saturated rings. The van der Waals surface area contributed by atoms with Crippen molar-refractivity contribution in [3.63, 3.8) is 0 Å². The molecule has 3 aromatic rings. The van der Waals surface area contributed by atoms with Crippen molar-refractivity contribution in [1.29, 1.82) is 0 Å². The van der Waals surface area contributed by atoms with Crippen molar-refractivity contribution in [1.82, 2.24) is 20.1 Å². The van der Waals surface area contributed by atoms with E-state index in [1.165, 1.54) is 11.3 Å². The zero-order valence-electron chi connectivity index (χ0n) is 20.8. The highest BCUT2D eigenvalue weighted by atomic mass is 32.1. The van der Waals surface area contributed by atoms with Crippen LogP contribution in [-0.2, 0) is 16.1 Å². The molecule has 0 saturated carbocycles. The molecule has 1 aromatic heterocycles. The minimum Gasteiger partial charge on any atom is -0.379 e. The lowest BCUT2D eigenvalue weighted by Crippen LogP contribution is -2.41. The maximum atomic E-state index is 12.5. The van der Waals surface area contributed by atoms with Gasteiger partial charge in [-0.25, -0.2) is 4.98 Å². The summed E-state index contributed by atoms with van der Waals surface area (Å²) in [4.78, 5) is 44.7. The molecule has 1 aliphatic rings. The highest BCUT2D eigenvalue weighted by Gasteiger charge is 2.13. The van der Waals surface area contributed by atoms with Crippen molar-refractivity contribution >= 4 is 34.6 Å². The normalized spacial score (nSPS) is 13.9. The molecule has 1 aliphatic heterocycles. The van der Waals surface area contributed by atoms with E-state index in [1.807, 2.05) is 42.3 Å². The average Bonchev–Trinajstić information content (AvgIpc) is 3.42. The first kappa shape index (κ1) is 26.6. The molecule has 2 N–H and O–H groups in total. The molecular formula is C27H31N5O4S. The molecule has 0 atom stereocenters. The number of aldehydes is 1. The van der Waals surface area contributed by atoms with Crippen molar-refractivity contribution in [3.05, 3.63) is 70.7 Å². The number of anilines is 1. The number of nitrogens with zero attached hydrogens (tertiary/aromatic N) is 3. The first-order chi connectivity index (χ1) is 18.0. The second-order valence-corrected chi connectivity index (χ2v) is 9.77. The smallest absolute Gasteiger partial charge is 0.251 e. The number of hydrogen-bond donors (Lipinski definition) is 2. The van der Waals surface area contributed by atoms with E-state index >= 15 is 0 Å². The molecule has 10 heteroatoms. The minimum atomic E-state index is -0.160. The molecule has 0 radical (unpaired) electrons. The van der Waals surface area contributed by atoms with Gasteiger partial charge < -0.3 is 15.4 Å². The second-order valence-electron chi connectivity index (χ2n) is 8.88. The number of morpholine rings is 1. The zero-order valence-corrected chi connectivity index (χ0v) is 21.6. The van der Waals surface area contributed by atoms with Crippen LogP contribution in [0.2, 0.25) is 0 Å². The molecule has 194 valence electrons. The number of benzene rings is 2. The Hall–Kier alpha value is -3.44. The Kier molecular flexibility index (Phi) is 9.50. The summed E-state index contributed by atoms with van der Waals surface area (Å²) in [6.07, 6.45) is 2.47. The number of carbonyl (C=O) groups excluding carboxylic acids is 3. The van der Waals surface area contributed by atoms with E-state index in [9.17, 15) is 14.4 Å². The minimum absolute atomic E-state index is 0.106. The van der Waals surface area contributed by atoms with Crippen LogP contribution in [0.1, 0.15) is 26.3 Å². The van der Waals surface area contributed by atoms with Gasteiger partial charge in [-0.3, -0.25) is 24.2 Å². The molecule has 2 amide bonds. The Morgan fingerprint density at radius 1 is 1.14 bits per heavy atom. The second kappa shape index (κ2) is 13.2. The number of likely N-dealkylation sites (N-methyl/N-ethyl adjacent to an activating group) is 1. The molecule has 2 heterocycles. The predicted octanol–water partition coefficient (Wildman–Crippen LogP) is 2.76. The SMILES string of the molecule is CN(CC(=O)Nc1nccs1)Cc1ccc(-c2ccc(C(=O)NCCN3CCOCC3)cc2)cc1C=O. The van der Waals surface area contributed by atoms with E-state index in [0.717, 1.165) is 55.8 Å². The number of amides is 2. The number of nitrogens with one attached hydrogen (secondary N) is 2. The fourth-order valence-electron chi connectivity index (χ4n) is 4.13. The molecule has 0 spiro atoms. The third-order valence-electron chi connectivity index (χ3n) is 6.10. The van der Waals surface area contributed by atoms with Gasteiger partial charge in [-0.05, 0) is 41.9 Å². The van der Waals surface area contributed by atoms with E-state index < -0.39 is 0 Å². The van der Waals surface area contributed by atoms with Gasteiger partial charge in [-0.15, -0.1) is 11.3 Å². The third-order valence-corrected chi connectivity index (χ3v) is 6.79. The van der Waals surface area contributed by atoms with Crippen LogP contribution in [0.4, 0.5) is 5.13 Å². The molecule has 0 aliphatic carbocycles. The lowest BCUT2D eigenvalue weighted by molar-refractivity contribution is -0.117. The molecule has 37 heavy (non-hydrogen) atoms. The van der Waals surface area contributed by atoms with Crippen LogP contribution >= 0.6 is 11.3 Å². The molecule has 1 saturated heterocycles. The number of aromatic nitrogens is 1. The monoisotopic (exact) mass is 521 g/mol.